The van der Waals surface area contributed by atoms with Crippen LogP contribution in [0.4, 0.5) is 5.95 Å². The predicted octanol–water partition coefficient (Wildman–Crippen LogP) is 3.62. The van der Waals surface area contributed by atoms with Crippen molar-refractivity contribution in [2.75, 3.05) is 18.0 Å². The molecule has 0 bridgehead atoms. The predicted molar refractivity (Wildman–Crippen MR) is 76.1 cm³/mol. The van der Waals surface area contributed by atoms with Crippen molar-refractivity contribution in [1.82, 2.24) is 9.97 Å². The molecule has 0 unspecified atom stereocenters. The van der Waals surface area contributed by atoms with Crippen LogP contribution in [0.2, 0.25) is 0 Å². The maximum Gasteiger partial charge on any atom is 0.225 e. The summed E-state index contributed by atoms with van der Waals surface area (Å²) in [5.74, 6) is 1.33. The van der Waals surface area contributed by atoms with E-state index in [2.05, 4.69) is 28.7 Å². The fourth-order valence-electron chi connectivity index (χ4n) is 2.72. The van der Waals surface area contributed by atoms with Gasteiger partial charge in [0.15, 0.2) is 0 Å². The standard InChI is InChI=1S/C14H22ClN3/c1-3-14(4-2)5-7-18(8-6-14)13-16-10-12(9-15)11-17-13/h10-11H,3-9H2,1-2H3. The van der Waals surface area contributed by atoms with Crippen molar-refractivity contribution in [1.29, 1.82) is 0 Å². The second-order valence-electron chi connectivity index (χ2n) is 5.22. The molecule has 18 heavy (non-hydrogen) atoms. The molecule has 0 radical (unpaired) electrons. The Morgan fingerprint density at radius 1 is 1.17 bits per heavy atom. The molecule has 1 fully saturated rings. The van der Waals surface area contributed by atoms with Crippen LogP contribution in [0.3, 0.4) is 0 Å². The van der Waals surface area contributed by atoms with Gasteiger partial charge in [-0.2, -0.15) is 0 Å². The van der Waals surface area contributed by atoms with Gasteiger partial charge in [0.25, 0.3) is 0 Å². The highest BCUT2D eigenvalue weighted by atomic mass is 35.5. The molecular formula is C14H22ClN3. The lowest BCUT2D eigenvalue weighted by Gasteiger charge is -2.41. The van der Waals surface area contributed by atoms with E-state index in [0.717, 1.165) is 24.6 Å². The second kappa shape index (κ2) is 5.87. The minimum absolute atomic E-state index is 0.481. The number of hydrogen-bond donors (Lipinski definition) is 0. The van der Waals surface area contributed by atoms with E-state index in [1.54, 1.807) is 0 Å². The van der Waals surface area contributed by atoms with Crippen molar-refractivity contribution in [2.45, 2.75) is 45.4 Å². The Morgan fingerprint density at radius 3 is 2.17 bits per heavy atom. The third-order valence-corrected chi connectivity index (χ3v) is 4.76. The molecule has 0 N–H and O–H groups in total. The van der Waals surface area contributed by atoms with Crippen LogP contribution in [0, 0.1) is 5.41 Å². The van der Waals surface area contributed by atoms with Gasteiger partial charge in [-0.1, -0.05) is 26.7 Å². The molecule has 1 aliphatic rings. The van der Waals surface area contributed by atoms with Crippen LogP contribution in [-0.2, 0) is 5.88 Å². The molecule has 3 nitrogen and oxygen atoms in total. The first kappa shape index (κ1) is 13.6. The molecule has 1 aromatic heterocycles. The highest BCUT2D eigenvalue weighted by molar-refractivity contribution is 6.17. The fourth-order valence-corrected chi connectivity index (χ4v) is 2.86. The lowest BCUT2D eigenvalue weighted by Crippen LogP contribution is -2.40. The number of halogens is 1. The number of nitrogens with zero attached hydrogens (tertiary/aromatic N) is 3. The minimum atomic E-state index is 0.481. The van der Waals surface area contributed by atoms with E-state index in [9.17, 15) is 0 Å². The maximum absolute atomic E-state index is 5.75. The number of rotatable bonds is 4. The summed E-state index contributed by atoms with van der Waals surface area (Å²) in [5, 5.41) is 0. The van der Waals surface area contributed by atoms with Crippen molar-refractivity contribution in [3.8, 4) is 0 Å². The topological polar surface area (TPSA) is 29.0 Å². The van der Waals surface area contributed by atoms with Gasteiger partial charge in [0.2, 0.25) is 5.95 Å². The summed E-state index contributed by atoms with van der Waals surface area (Å²) in [7, 11) is 0. The largest absolute Gasteiger partial charge is 0.341 e. The zero-order valence-corrected chi connectivity index (χ0v) is 12.1. The van der Waals surface area contributed by atoms with Crippen molar-refractivity contribution in [3.63, 3.8) is 0 Å². The summed E-state index contributed by atoms with van der Waals surface area (Å²) in [4.78, 5) is 11.1. The summed E-state index contributed by atoms with van der Waals surface area (Å²) >= 11 is 5.75. The van der Waals surface area contributed by atoms with Crippen LogP contribution in [0.25, 0.3) is 0 Å². The Labute approximate surface area is 115 Å². The van der Waals surface area contributed by atoms with Crippen LogP contribution in [0.5, 0.6) is 0 Å². The van der Waals surface area contributed by atoms with Gasteiger partial charge in [-0.3, -0.25) is 0 Å². The van der Waals surface area contributed by atoms with E-state index in [1.807, 2.05) is 12.4 Å². The average Bonchev–Trinajstić information content (AvgIpc) is 2.47. The summed E-state index contributed by atoms with van der Waals surface area (Å²) in [6.45, 7) is 6.76. The van der Waals surface area contributed by atoms with Crippen LogP contribution in [0.15, 0.2) is 12.4 Å². The molecule has 4 heteroatoms. The number of hydrogen-bond acceptors (Lipinski definition) is 3. The first-order valence-corrected chi connectivity index (χ1v) is 7.38. The molecule has 1 saturated heterocycles. The summed E-state index contributed by atoms with van der Waals surface area (Å²) in [5.41, 5.74) is 1.53. The fraction of sp³-hybridized carbons (Fsp3) is 0.714. The van der Waals surface area contributed by atoms with Gasteiger partial charge in [-0.25, -0.2) is 9.97 Å². The zero-order valence-electron chi connectivity index (χ0n) is 11.3. The van der Waals surface area contributed by atoms with Crippen LogP contribution in [-0.4, -0.2) is 23.1 Å². The van der Waals surface area contributed by atoms with E-state index in [1.165, 1.54) is 25.7 Å². The molecular weight excluding hydrogens is 246 g/mol. The number of anilines is 1. The molecule has 2 heterocycles. The summed E-state index contributed by atoms with van der Waals surface area (Å²) < 4.78 is 0. The lowest BCUT2D eigenvalue weighted by atomic mass is 9.74. The van der Waals surface area contributed by atoms with Crippen molar-refractivity contribution >= 4 is 17.5 Å². The van der Waals surface area contributed by atoms with E-state index >= 15 is 0 Å². The highest BCUT2D eigenvalue weighted by Gasteiger charge is 2.31. The van der Waals surface area contributed by atoms with Crippen LogP contribution >= 0.6 is 11.6 Å². The number of alkyl halides is 1. The van der Waals surface area contributed by atoms with E-state index in [-0.39, 0.29) is 0 Å². The summed E-state index contributed by atoms with van der Waals surface area (Å²) in [6, 6.07) is 0. The highest BCUT2D eigenvalue weighted by Crippen LogP contribution is 2.38. The van der Waals surface area contributed by atoms with Crippen molar-refractivity contribution in [3.05, 3.63) is 18.0 Å². The molecule has 2 rings (SSSR count). The Balaban J connectivity index is 2.00. The zero-order chi connectivity index (χ0) is 13.0. The van der Waals surface area contributed by atoms with Crippen molar-refractivity contribution in [2.24, 2.45) is 5.41 Å². The van der Waals surface area contributed by atoms with Gasteiger partial charge in [0.1, 0.15) is 0 Å². The molecule has 0 spiro atoms. The molecule has 0 amide bonds. The van der Waals surface area contributed by atoms with Gasteiger partial charge < -0.3 is 4.90 Å². The van der Waals surface area contributed by atoms with Gasteiger partial charge in [-0.05, 0) is 18.3 Å². The Kier molecular flexibility index (Phi) is 4.44. The minimum Gasteiger partial charge on any atom is -0.341 e. The smallest absolute Gasteiger partial charge is 0.225 e. The molecule has 0 aliphatic carbocycles. The molecule has 100 valence electrons. The van der Waals surface area contributed by atoms with Crippen LogP contribution in [0.1, 0.15) is 45.1 Å². The Morgan fingerprint density at radius 2 is 1.72 bits per heavy atom. The quantitative estimate of drug-likeness (QED) is 0.780. The first-order valence-electron chi connectivity index (χ1n) is 6.85. The van der Waals surface area contributed by atoms with E-state index in [4.69, 9.17) is 11.6 Å². The van der Waals surface area contributed by atoms with Crippen LogP contribution < -0.4 is 4.90 Å². The summed E-state index contributed by atoms with van der Waals surface area (Å²) in [6.07, 6.45) is 8.72. The normalized spacial score (nSPS) is 18.9. The Hall–Kier alpha value is -0.830. The molecule has 1 aromatic rings. The van der Waals surface area contributed by atoms with Crippen molar-refractivity contribution < 1.29 is 0 Å². The molecule has 1 aliphatic heterocycles. The van der Waals surface area contributed by atoms with Gasteiger partial charge in [0, 0.05) is 31.0 Å². The Bertz CT molecular complexity index is 363. The second-order valence-corrected chi connectivity index (χ2v) is 5.49. The maximum atomic E-state index is 5.75. The van der Waals surface area contributed by atoms with E-state index < -0.39 is 0 Å². The van der Waals surface area contributed by atoms with E-state index in [0.29, 0.717) is 11.3 Å². The average molecular weight is 268 g/mol. The SMILES string of the molecule is CCC1(CC)CCN(c2ncc(CCl)cn2)CC1. The first-order chi connectivity index (χ1) is 8.73. The molecule has 0 atom stereocenters. The van der Waals surface area contributed by atoms with Gasteiger partial charge >= 0.3 is 0 Å². The monoisotopic (exact) mass is 267 g/mol. The molecule has 0 aromatic carbocycles. The number of aromatic nitrogens is 2. The van der Waals surface area contributed by atoms with Gasteiger partial charge in [0.05, 0.1) is 5.88 Å². The number of piperidine rings is 1. The van der Waals surface area contributed by atoms with Gasteiger partial charge in [-0.15, -0.1) is 11.6 Å². The third-order valence-electron chi connectivity index (χ3n) is 4.45. The third kappa shape index (κ3) is 2.77. The molecule has 0 saturated carbocycles. The lowest BCUT2D eigenvalue weighted by molar-refractivity contribution is 0.198.